The summed E-state index contributed by atoms with van der Waals surface area (Å²) in [6.45, 7) is 1.74. The van der Waals surface area contributed by atoms with Gasteiger partial charge in [0.25, 0.3) is 0 Å². The molecule has 0 radical (unpaired) electrons. The molecule has 0 saturated carbocycles. The van der Waals surface area contributed by atoms with Gasteiger partial charge in [0.2, 0.25) is 0 Å². The molecule has 0 aliphatic heterocycles. The van der Waals surface area contributed by atoms with E-state index in [2.05, 4.69) is 21.1 Å². The molecular formula is C20H15BrF3NO2S. The molecule has 1 aromatic heterocycles. The number of aldehydes is 1. The van der Waals surface area contributed by atoms with E-state index in [4.69, 9.17) is 4.52 Å². The van der Waals surface area contributed by atoms with Crippen LogP contribution in [0.5, 0.6) is 0 Å². The smallest absolute Gasteiger partial charge is 0.356 e. The highest BCUT2D eigenvalue weighted by Crippen LogP contribution is 2.39. The minimum absolute atomic E-state index is 0.248. The van der Waals surface area contributed by atoms with E-state index >= 15 is 0 Å². The Kier molecular flexibility index (Phi) is 6.30. The molecule has 2 aromatic carbocycles. The lowest BCUT2D eigenvalue weighted by Crippen LogP contribution is -2.05. The largest absolute Gasteiger partial charge is 0.416 e. The van der Waals surface area contributed by atoms with Gasteiger partial charge in [0.05, 0.1) is 16.5 Å². The Morgan fingerprint density at radius 2 is 1.93 bits per heavy atom. The van der Waals surface area contributed by atoms with Crippen LogP contribution >= 0.6 is 27.7 Å². The summed E-state index contributed by atoms with van der Waals surface area (Å²) < 4.78 is 45.0. The topological polar surface area (TPSA) is 43.1 Å². The Morgan fingerprint density at radius 1 is 1.21 bits per heavy atom. The summed E-state index contributed by atoms with van der Waals surface area (Å²) in [5, 5.41) is 3.37. The summed E-state index contributed by atoms with van der Waals surface area (Å²) in [6, 6.07) is 12.5. The van der Waals surface area contributed by atoms with Crippen molar-refractivity contribution >= 4 is 34.0 Å². The molecule has 0 fully saturated rings. The summed E-state index contributed by atoms with van der Waals surface area (Å²) in [5.41, 5.74) is 1.77. The molecule has 0 spiro atoms. The molecule has 28 heavy (non-hydrogen) atoms. The van der Waals surface area contributed by atoms with E-state index < -0.39 is 17.0 Å². The monoisotopic (exact) mass is 469 g/mol. The highest BCUT2D eigenvalue weighted by atomic mass is 79.9. The number of alkyl halides is 3. The Hall–Kier alpha value is -2.06. The molecule has 3 nitrogen and oxygen atoms in total. The number of hydrogen-bond donors (Lipinski definition) is 0. The molecule has 3 aromatic rings. The molecule has 3 rings (SSSR count). The number of benzene rings is 2. The van der Waals surface area contributed by atoms with E-state index in [1.54, 1.807) is 13.0 Å². The molecule has 8 heteroatoms. The lowest BCUT2D eigenvalue weighted by molar-refractivity contribution is -0.137. The van der Waals surface area contributed by atoms with Crippen molar-refractivity contribution in [2.75, 3.05) is 0 Å². The van der Waals surface area contributed by atoms with Crippen LogP contribution in [-0.2, 0) is 16.7 Å². The fourth-order valence-electron chi connectivity index (χ4n) is 2.74. The van der Waals surface area contributed by atoms with Crippen molar-refractivity contribution in [1.29, 1.82) is 0 Å². The molecule has 0 aliphatic rings. The number of halogens is 4. The van der Waals surface area contributed by atoms with Crippen LogP contribution in [0.25, 0.3) is 11.3 Å². The van der Waals surface area contributed by atoms with E-state index in [1.807, 2.05) is 24.3 Å². The lowest BCUT2D eigenvalue weighted by atomic mass is 10.0. The molecule has 0 aliphatic carbocycles. The van der Waals surface area contributed by atoms with Crippen LogP contribution in [0.15, 0.2) is 57.5 Å². The number of carbonyl (C=O) groups is 1. The van der Waals surface area contributed by atoms with Crippen molar-refractivity contribution in [2.45, 2.75) is 24.1 Å². The van der Waals surface area contributed by atoms with Crippen molar-refractivity contribution < 1.29 is 22.5 Å². The lowest BCUT2D eigenvalue weighted by Gasteiger charge is -2.12. The van der Waals surface area contributed by atoms with Gasteiger partial charge in [0.15, 0.2) is 5.76 Å². The second-order valence-corrected chi connectivity index (χ2v) is 8.13. The van der Waals surface area contributed by atoms with Gasteiger partial charge in [-0.3, -0.25) is 0 Å². The van der Waals surface area contributed by atoms with Crippen molar-refractivity contribution in [1.82, 2.24) is 5.16 Å². The number of rotatable bonds is 6. The zero-order chi connectivity index (χ0) is 20.3. The number of aryl methyl sites for hydroxylation is 1. The first-order chi connectivity index (χ1) is 13.3. The minimum atomic E-state index is -4.40. The molecule has 1 unspecified atom stereocenters. The van der Waals surface area contributed by atoms with Crippen molar-refractivity contribution in [2.24, 2.45) is 0 Å². The third kappa shape index (κ3) is 4.67. The number of aromatic nitrogens is 1. The van der Waals surface area contributed by atoms with Gasteiger partial charge in [-0.2, -0.15) is 13.2 Å². The van der Waals surface area contributed by atoms with Crippen LogP contribution in [0.1, 0.15) is 27.6 Å². The summed E-state index contributed by atoms with van der Waals surface area (Å²) in [7, 11) is 0. The average Bonchev–Trinajstić information content (AvgIpc) is 3.04. The minimum Gasteiger partial charge on any atom is -0.356 e. The maximum absolute atomic E-state index is 12.9. The Balaban J connectivity index is 1.84. The predicted octanol–water partition coefficient (Wildman–Crippen LogP) is 6.60. The fourth-order valence-corrected chi connectivity index (χ4v) is 4.07. The normalized spacial score (nSPS) is 12.8. The molecule has 0 bridgehead atoms. The SMILES string of the molecule is Cc1noc(-c2ccc(Br)cc2)c1C(C=O)SCc1cccc(C(F)(F)F)c1. The zero-order valence-electron chi connectivity index (χ0n) is 14.7. The van der Waals surface area contributed by atoms with Gasteiger partial charge >= 0.3 is 6.18 Å². The van der Waals surface area contributed by atoms with Gasteiger partial charge in [-0.25, -0.2) is 0 Å². The molecule has 0 N–H and O–H groups in total. The van der Waals surface area contributed by atoms with Crippen molar-refractivity contribution in [3.63, 3.8) is 0 Å². The highest BCUT2D eigenvalue weighted by Gasteiger charge is 2.30. The number of nitrogens with zero attached hydrogens (tertiary/aromatic N) is 1. The summed E-state index contributed by atoms with van der Waals surface area (Å²) >= 11 is 4.60. The molecule has 0 saturated heterocycles. The van der Waals surface area contributed by atoms with E-state index in [9.17, 15) is 18.0 Å². The van der Waals surface area contributed by atoms with Crippen LogP contribution in [0, 0.1) is 6.92 Å². The molecule has 1 atom stereocenters. The van der Waals surface area contributed by atoms with E-state index in [1.165, 1.54) is 17.8 Å². The van der Waals surface area contributed by atoms with Gasteiger partial charge in [0.1, 0.15) is 6.29 Å². The third-order valence-electron chi connectivity index (χ3n) is 4.11. The second-order valence-electron chi connectivity index (χ2n) is 6.08. The first-order valence-corrected chi connectivity index (χ1v) is 10.1. The van der Waals surface area contributed by atoms with Gasteiger partial charge in [-0.1, -0.05) is 51.4 Å². The molecular weight excluding hydrogens is 455 g/mol. The maximum atomic E-state index is 12.9. The first kappa shape index (κ1) is 20.7. The number of thioether (sulfide) groups is 1. The quantitative estimate of drug-likeness (QED) is 0.381. The fraction of sp³-hybridized carbons (Fsp3) is 0.200. The molecule has 146 valence electrons. The standard InChI is InChI=1S/C20H15BrF3NO2S/c1-12-18(19(27-25-12)14-5-7-16(21)8-6-14)17(10-26)28-11-13-3-2-4-15(9-13)20(22,23)24/h2-10,17H,11H2,1H3. The van der Waals surface area contributed by atoms with Gasteiger partial charge in [-0.05, 0) is 30.7 Å². The van der Waals surface area contributed by atoms with E-state index in [0.717, 1.165) is 28.5 Å². The summed E-state index contributed by atoms with van der Waals surface area (Å²) in [4.78, 5) is 11.8. The summed E-state index contributed by atoms with van der Waals surface area (Å²) in [5.74, 6) is 0.733. The maximum Gasteiger partial charge on any atom is 0.416 e. The van der Waals surface area contributed by atoms with Crippen LogP contribution < -0.4 is 0 Å². The first-order valence-electron chi connectivity index (χ1n) is 8.24. The Morgan fingerprint density at radius 3 is 2.57 bits per heavy atom. The third-order valence-corrected chi connectivity index (χ3v) is 5.84. The number of carbonyl (C=O) groups excluding carboxylic acids is 1. The van der Waals surface area contributed by atoms with E-state index in [-0.39, 0.29) is 5.75 Å². The van der Waals surface area contributed by atoms with Gasteiger partial charge in [0, 0.05) is 21.4 Å². The Bertz CT molecular complexity index is 970. The van der Waals surface area contributed by atoms with Gasteiger partial charge < -0.3 is 9.32 Å². The second kappa shape index (κ2) is 8.53. The highest BCUT2D eigenvalue weighted by molar-refractivity contribution is 9.10. The van der Waals surface area contributed by atoms with Crippen molar-refractivity contribution in [3.8, 4) is 11.3 Å². The average molecular weight is 470 g/mol. The predicted molar refractivity (Wildman–Crippen MR) is 106 cm³/mol. The molecule has 1 heterocycles. The van der Waals surface area contributed by atoms with Crippen LogP contribution in [0.2, 0.25) is 0 Å². The van der Waals surface area contributed by atoms with Gasteiger partial charge in [-0.15, -0.1) is 11.8 Å². The number of hydrogen-bond acceptors (Lipinski definition) is 4. The van der Waals surface area contributed by atoms with Crippen LogP contribution in [-0.4, -0.2) is 11.4 Å². The molecule has 0 amide bonds. The van der Waals surface area contributed by atoms with Crippen LogP contribution in [0.3, 0.4) is 0 Å². The Labute approximate surface area is 172 Å². The zero-order valence-corrected chi connectivity index (χ0v) is 17.1. The van der Waals surface area contributed by atoms with E-state index in [0.29, 0.717) is 22.6 Å². The summed E-state index contributed by atoms with van der Waals surface area (Å²) in [6.07, 6.45) is -3.63. The van der Waals surface area contributed by atoms with Crippen LogP contribution in [0.4, 0.5) is 13.2 Å². The van der Waals surface area contributed by atoms with Crippen molar-refractivity contribution in [3.05, 3.63) is 75.4 Å².